The minimum Gasteiger partial charge on any atom is -0.389 e. The van der Waals surface area contributed by atoms with E-state index in [1.807, 2.05) is 30.3 Å². The first-order valence-electron chi connectivity index (χ1n) is 4.71. The molecule has 1 aliphatic rings. The summed E-state index contributed by atoms with van der Waals surface area (Å²) in [7, 11) is 0. The maximum atomic E-state index is 5.03. The summed E-state index contributed by atoms with van der Waals surface area (Å²) in [6.07, 6.45) is 4.65. The highest BCUT2D eigenvalue weighted by molar-refractivity contribution is 5.95. The Morgan fingerprint density at radius 2 is 2.19 bits per heavy atom. The Morgan fingerprint density at radius 1 is 1.31 bits per heavy atom. The van der Waals surface area contributed by atoms with Crippen LogP contribution in [0.4, 0.5) is 0 Å². The topological polar surface area (TPSA) is 52.4 Å². The summed E-state index contributed by atoms with van der Waals surface area (Å²) in [5, 5.41) is 7.38. The van der Waals surface area contributed by atoms with Crippen molar-refractivity contribution < 1.29 is 14.7 Å². The van der Waals surface area contributed by atoms with Crippen molar-refractivity contribution in [1.82, 2.24) is 0 Å². The first-order chi connectivity index (χ1) is 7.95. The van der Waals surface area contributed by atoms with Crippen LogP contribution in [0.2, 0.25) is 0 Å². The Balaban J connectivity index is 1.78. The quantitative estimate of drug-likeness (QED) is 0.440. The van der Waals surface area contributed by atoms with E-state index >= 15 is 0 Å². The molecule has 0 bridgehead atoms. The molecule has 82 valence electrons. The highest BCUT2D eigenvalue weighted by Gasteiger charge is 2.00. The predicted octanol–water partition coefficient (Wildman–Crippen LogP) is 1.87. The molecule has 0 fully saturated rings. The van der Waals surface area contributed by atoms with Crippen LogP contribution in [0.1, 0.15) is 5.56 Å². The average molecular weight is 218 g/mol. The maximum absolute atomic E-state index is 5.03. The molecule has 1 aromatic carbocycles. The molecule has 0 atom stereocenters. The molecule has 5 nitrogen and oxygen atoms in total. The molecular formula is C11H10N2O3. The van der Waals surface area contributed by atoms with Gasteiger partial charge < -0.3 is 4.84 Å². The number of rotatable bonds is 4. The van der Waals surface area contributed by atoms with Crippen molar-refractivity contribution in [1.29, 1.82) is 0 Å². The van der Waals surface area contributed by atoms with Crippen molar-refractivity contribution in [2.24, 2.45) is 10.3 Å². The van der Waals surface area contributed by atoms with Gasteiger partial charge in [-0.3, -0.25) is 4.89 Å². The second kappa shape index (κ2) is 5.55. The minimum absolute atomic E-state index is 0.239. The lowest BCUT2D eigenvalue weighted by molar-refractivity contribution is -0.252. The zero-order valence-electron chi connectivity index (χ0n) is 8.45. The van der Waals surface area contributed by atoms with Crippen molar-refractivity contribution in [2.45, 2.75) is 0 Å². The van der Waals surface area contributed by atoms with Gasteiger partial charge in [0.2, 0.25) is 0 Å². The van der Waals surface area contributed by atoms with E-state index in [1.54, 1.807) is 12.3 Å². The molecule has 0 radical (unpaired) electrons. The Morgan fingerprint density at radius 3 is 2.94 bits per heavy atom. The number of benzene rings is 1. The Hall–Kier alpha value is -2.30. The van der Waals surface area contributed by atoms with Gasteiger partial charge in [-0.1, -0.05) is 35.5 Å². The smallest absolute Gasteiger partial charge is 0.162 e. The number of hydrogen-bond acceptors (Lipinski definition) is 5. The van der Waals surface area contributed by atoms with Gasteiger partial charge in [-0.15, -0.1) is 0 Å². The van der Waals surface area contributed by atoms with Gasteiger partial charge in [0.15, 0.2) is 6.61 Å². The fourth-order valence-electron chi connectivity index (χ4n) is 1.05. The van der Waals surface area contributed by atoms with Crippen molar-refractivity contribution in [3.8, 4) is 0 Å². The first kappa shape index (κ1) is 10.2. The van der Waals surface area contributed by atoms with E-state index in [-0.39, 0.29) is 6.61 Å². The monoisotopic (exact) mass is 218 g/mol. The molecule has 0 aliphatic carbocycles. The van der Waals surface area contributed by atoms with Crippen molar-refractivity contribution >= 4 is 11.9 Å². The van der Waals surface area contributed by atoms with E-state index in [4.69, 9.17) is 4.84 Å². The summed E-state index contributed by atoms with van der Waals surface area (Å²) < 4.78 is 0. The third kappa shape index (κ3) is 3.13. The molecule has 0 aromatic heterocycles. The van der Waals surface area contributed by atoms with E-state index in [0.717, 1.165) is 5.56 Å². The van der Waals surface area contributed by atoms with E-state index in [9.17, 15) is 0 Å². The Labute approximate surface area is 92.5 Å². The summed E-state index contributed by atoms with van der Waals surface area (Å²) in [5.41, 5.74) is 1.58. The van der Waals surface area contributed by atoms with Gasteiger partial charge in [0.05, 0.1) is 6.21 Å². The first-order valence-corrected chi connectivity index (χ1v) is 4.71. The van der Waals surface area contributed by atoms with Crippen LogP contribution in [0, 0.1) is 0 Å². The minimum atomic E-state index is 0.239. The second-order valence-corrected chi connectivity index (χ2v) is 2.97. The molecule has 0 amide bonds. The predicted molar refractivity (Wildman–Crippen MR) is 58.7 cm³/mol. The summed E-state index contributed by atoms with van der Waals surface area (Å²) in [6, 6.07) is 9.67. The summed E-state index contributed by atoms with van der Waals surface area (Å²) in [5.74, 6) is 0. The van der Waals surface area contributed by atoms with Crippen LogP contribution in [0.3, 0.4) is 0 Å². The summed E-state index contributed by atoms with van der Waals surface area (Å²) in [4.78, 5) is 13.8. The molecule has 1 heterocycles. The van der Waals surface area contributed by atoms with Gasteiger partial charge in [0.1, 0.15) is 12.0 Å². The number of oxime groups is 2. The van der Waals surface area contributed by atoms with E-state index < -0.39 is 0 Å². The zero-order valence-corrected chi connectivity index (χ0v) is 8.45. The lowest BCUT2D eigenvalue weighted by Crippen LogP contribution is -2.07. The van der Waals surface area contributed by atoms with Crippen LogP contribution in [0.25, 0.3) is 0 Å². The van der Waals surface area contributed by atoms with Gasteiger partial charge in [0, 0.05) is 6.08 Å². The van der Waals surface area contributed by atoms with Crippen LogP contribution in [0.15, 0.2) is 53.0 Å². The zero-order chi connectivity index (χ0) is 11.1. The Bertz CT molecular complexity index is 412. The van der Waals surface area contributed by atoms with Crippen LogP contribution >= 0.6 is 0 Å². The lowest BCUT2D eigenvalue weighted by atomic mass is 10.2. The van der Waals surface area contributed by atoms with E-state index in [1.165, 1.54) is 6.26 Å². The van der Waals surface area contributed by atoms with Crippen LogP contribution in [0.5, 0.6) is 0 Å². The third-order valence-corrected chi connectivity index (χ3v) is 1.80. The van der Waals surface area contributed by atoms with Crippen molar-refractivity contribution in [3.63, 3.8) is 0 Å². The van der Waals surface area contributed by atoms with Crippen LogP contribution < -0.4 is 0 Å². The van der Waals surface area contributed by atoms with Gasteiger partial charge in [-0.2, -0.15) is 4.99 Å². The average Bonchev–Trinajstić information content (AvgIpc) is 2.37. The molecule has 1 aromatic rings. The molecule has 1 aliphatic heterocycles. The summed E-state index contributed by atoms with van der Waals surface area (Å²) >= 11 is 0. The van der Waals surface area contributed by atoms with Crippen molar-refractivity contribution in [3.05, 3.63) is 48.2 Å². The third-order valence-electron chi connectivity index (χ3n) is 1.80. The maximum Gasteiger partial charge on any atom is 0.162 e. The molecule has 0 saturated heterocycles. The number of hydrogen-bond donors (Lipinski definition) is 0. The van der Waals surface area contributed by atoms with E-state index in [0.29, 0.717) is 5.71 Å². The Kier molecular flexibility index (Phi) is 3.55. The lowest BCUT2D eigenvalue weighted by Gasteiger charge is -2.02. The highest BCUT2D eigenvalue weighted by atomic mass is 17.3. The standard InChI is InChI=1S/C11H10N2O3/c1-2-4-10(5-3-1)8-12-14-9-11-6-7-15-16-13-11/h1-8H,9H2. The molecule has 0 saturated carbocycles. The SMILES string of the molecule is C1=CC(CON=Cc2ccccc2)=NOO1. The van der Waals surface area contributed by atoms with Crippen LogP contribution in [-0.4, -0.2) is 18.5 Å². The van der Waals surface area contributed by atoms with Gasteiger partial charge in [-0.25, -0.2) is 0 Å². The molecule has 0 unspecified atom stereocenters. The van der Waals surface area contributed by atoms with Crippen LogP contribution in [-0.2, 0) is 14.7 Å². The fraction of sp³-hybridized carbons (Fsp3) is 0.0909. The van der Waals surface area contributed by atoms with Gasteiger partial charge >= 0.3 is 0 Å². The molecule has 5 heteroatoms. The molecule has 2 rings (SSSR count). The van der Waals surface area contributed by atoms with Gasteiger partial charge in [-0.05, 0) is 10.7 Å². The number of nitrogens with zero attached hydrogens (tertiary/aromatic N) is 2. The fourth-order valence-corrected chi connectivity index (χ4v) is 1.05. The normalized spacial score (nSPS) is 14.1. The molecule has 0 spiro atoms. The largest absolute Gasteiger partial charge is 0.389 e. The van der Waals surface area contributed by atoms with Crippen molar-refractivity contribution in [2.75, 3.05) is 6.61 Å². The second-order valence-electron chi connectivity index (χ2n) is 2.97. The highest BCUT2D eigenvalue weighted by Crippen LogP contribution is 1.97. The molecule has 0 N–H and O–H groups in total. The molecule has 16 heavy (non-hydrogen) atoms. The van der Waals surface area contributed by atoms with Gasteiger partial charge in [0.25, 0.3) is 0 Å². The summed E-state index contributed by atoms with van der Waals surface area (Å²) in [6.45, 7) is 0.239. The molecular weight excluding hydrogens is 208 g/mol. The van der Waals surface area contributed by atoms with E-state index in [2.05, 4.69) is 20.2 Å².